The predicted molar refractivity (Wildman–Crippen MR) is 102 cm³/mol. The molecule has 2 aromatic rings. The Morgan fingerprint density at radius 3 is 2.76 bits per heavy atom. The molecule has 1 fully saturated rings. The molecule has 0 spiro atoms. The van der Waals surface area contributed by atoms with Crippen LogP contribution in [0.1, 0.15) is 42.0 Å². The number of hydrogen-bond donors (Lipinski definition) is 1. The molecule has 0 saturated carbocycles. The minimum Gasteiger partial charge on any atom is -0.373 e. The molecule has 2 heterocycles. The number of aryl methyl sites for hydroxylation is 2. The minimum atomic E-state index is 0.166. The number of benzene rings is 1. The number of hydrogen-bond acceptors (Lipinski definition) is 3. The first-order valence-corrected chi connectivity index (χ1v) is 9.11. The van der Waals surface area contributed by atoms with Gasteiger partial charge in [-0.15, -0.1) is 0 Å². The van der Waals surface area contributed by atoms with E-state index in [0.29, 0.717) is 5.92 Å². The lowest BCUT2D eigenvalue weighted by Gasteiger charge is -2.20. The van der Waals surface area contributed by atoms with Crippen LogP contribution in [-0.2, 0) is 11.8 Å². The lowest BCUT2D eigenvalue weighted by molar-refractivity contribution is 0.0896. The molecule has 2 unspecified atom stereocenters. The van der Waals surface area contributed by atoms with Gasteiger partial charge in [-0.2, -0.15) is 5.10 Å². The predicted octanol–water partition coefficient (Wildman–Crippen LogP) is 3.81. The van der Waals surface area contributed by atoms with Crippen LogP contribution in [0.3, 0.4) is 0 Å². The van der Waals surface area contributed by atoms with Gasteiger partial charge in [0, 0.05) is 43.9 Å². The molecule has 3 rings (SSSR count). The van der Waals surface area contributed by atoms with E-state index < -0.39 is 0 Å². The maximum absolute atomic E-state index is 6.07. The molecule has 4 nitrogen and oxygen atoms in total. The zero-order valence-electron chi connectivity index (χ0n) is 15.7. The van der Waals surface area contributed by atoms with Gasteiger partial charge in [0.15, 0.2) is 0 Å². The fraction of sp³-hybridized carbons (Fsp3) is 0.476. The van der Waals surface area contributed by atoms with Crippen molar-refractivity contribution in [2.45, 2.75) is 33.3 Å². The minimum absolute atomic E-state index is 0.166. The van der Waals surface area contributed by atoms with Crippen LogP contribution < -0.4 is 5.32 Å². The molecule has 2 atom stereocenters. The highest BCUT2D eigenvalue weighted by Gasteiger charge is 2.33. The second-order valence-corrected chi connectivity index (χ2v) is 7.08. The van der Waals surface area contributed by atoms with Crippen molar-refractivity contribution in [2.75, 3.05) is 19.7 Å². The molecule has 25 heavy (non-hydrogen) atoms. The molecule has 1 aliphatic heterocycles. The summed E-state index contributed by atoms with van der Waals surface area (Å²) in [5.41, 5.74) is 6.19. The third-order valence-corrected chi connectivity index (χ3v) is 5.09. The molecule has 1 aliphatic rings. The van der Waals surface area contributed by atoms with E-state index in [-0.39, 0.29) is 6.10 Å². The van der Waals surface area contributed by atoms with Crippen molar-refractivity contribution in [3.05, 3.63) is 58.4 Å². The van der Waals surface area contributed by atoms with E-state index in [1.165, 1.54) is 22.4 Å². The fourth-order valence-electron chi connectivity index (χ4n) is 3.70. The van der Waals surface area contributed by atoms with Gasteiger partial charge in [-0.1, -0.05) is 42.0 Å². The van der Waals surface area contributed by atoms with Crippen LogP contribution >= 0.6 is 0 Å². The monoisotopic (exact) mass is 339 g/mol. The zero-order chi connectivity index (χ0) is 17.8. The van der Waals surface area contributed by atoms with Crippen LogP contribution in [0.15, 0.2) is 35.9 Å². The molecular weight excluding hydrogens is 310 g/mol. The first-order valence-electron chi connectivity index (χ1n) is 9.11. The molecule has 0 bridgehead atoms. The Hall–Kier alpha value is -1.91. The molecular formula is C21H29N3O. The van der Waals surface area contributed by atoms with E-state index in [2.05, 4.69) is 61.5 Å². The molecule has 0 amide bonds. The van der Waals surface area contributed by atoms with Gasteiger partial charge in [0.25, 0.3) is 0 Å². The molecule has 1 aromatic carbocycles. The van der Waals surface area contributed by atoms with Crippen LogP contribution in [0, 0.1) is 19.8 Å². The molecule has 4 heteroatoms. The Kier molecular flexibility index (Phi) is 5.71. The molecule has 1 N–H and O–H groups in total. The van der Waals surface area contributed by atoms with Crippen molar-refractivity contribution in [1.29, 1.82) is 0 Å². The SMILES string of the molecule is C/C(=C\c1ccccc1)CNCC1CCOC1c1c(C)nn(C)c1C. The lowest BCUT2D eigenvalue weighted by Crippen LogP contribution is -2.26. The quantitative estimate of drug-likeness (QED) is 0.870. The summed E-state index contributed by atoms with van der Waals surface area (Å²) in [7, 11) is 2.01. The van der Waals surface area contributed by atoms with Crippen LogP contribution in [0.5, 0.6) is 0 Å². The number of nitrogens with zero attached hydrogens (tertiary/aromatic N) is 2. The first kappa shape index (κ1) is 17.9. The summed E-state index contributed by atoms with van der Waals surface area (Å²) in [6, 6.07) is 10.5. The number of aromatic nitrogens is 2. The summed E-state index contributed by atoms with van der Waals surface area (Å²) in [4.78, 5) is 0. The highest BCUT2D eigenvalue weighted by Crippen LogP contribution is 2.37. The number of nitrogens with one attached hydrogen (secondary N) is 1. The molecule has 1 aromatic heterocycles. The van der Waals surface area contributed by atoms with E-state index in [1.54, 1.807) is 0 Å². The zero-order valence-corrected chi connectivity index (χ0v) is 15.7. The summed E-state index contributed by atoms with van der Waals surface area (Å²) in [5, 5.41) is 8.17. The smallest absolute Gasteiger partial charge is 0.0901 e. The van der Waals surface area contributed by atoms with E-state index >= 15 is 0 Å². The van der Waals surface area contributed by atoms with Crippen LogP contribution in [-0.4, -0.2) is 29.5 Å². The van der Waals surface area contributed by atoms with E-state index in [9.17, 15) is 0 Å². The van der Waals surface area contributed by atoms with Gasteiger partial charge in [0.05, 0.1) is 11.8 Å². The van der Waals surface area contributed by atoms with Crippen molar-refractivity contribution >= 4 is 6.08 Å². The Morgan fingerprint density at radius 1 is 1.32 bits per heavy atom. The van der Waals surface area contributed by atoms with Crippen LogP contribution in [0.2, 0.25) is 0 Å². The largest absolute Gasteiger partial charge is 0.373 e. The fourth-order valence-corrected chi connectivity index (χ4v) is 3.70. The van der Waals surface area contributed by atoms with E-state index in [4.69, 9.17) is 4.74 Å². The molecule has 0 aliphatic carbocycles. The summed E-state index contributed by atoms with van der Waals surface area (Å²) in [6.45, 7) is 9.11. The Labute approximate surface area is 150 Å². The number of rotatable bonds is 6. The Balaban J connectivity index is 1.58. The maximum atomic E-state index is 6.07. The summed E-state index contributed by atoms with van der Waals surface area (Å²) in [6.07, 6.45) is 3.51. The second-order valence-electron chi connectivity index (χ2n) is 7.08. The lowest BCUT2D eigenvalue weighted by atomic mass is 9.94. The maximum Gasteiger partial charge on any atom is 0.0901 e. The topological polar surface area (TPSA) is 39.1 Å². The standard InChI is InChI=1S/C21H29N3O/c1-15(12-18-8-6-5-7-9-18)13-22-14-19-10-11-25-21(19)20-16(2)23-24(4)17(20)3/h5-9,12,19,21-22H,10-11,13-14H2,1-4H3/b15-12+. The van der Waals surface area contributed by atoms with E-state index in [0.717, 1.165) is 31.8 Å². The van der Waals surface area contributed by atoms with Crippen molar-refractivity contribution in [2.24, 2.45) is 13.0 Å². The van der Waals surface area contributed by atoms with Crippen molar-refractivity contribution in [3.63, 3.8) is 0 Å². The highest BCUT2D eigenvalue weighted by molar-refractivity contribution is 5.52. The van der Waals surface area contributed by atoms with Crippen molar-refractivity contribution < 1.29 is 4.74 Å². The van der Waals surface area contributed by atoms with Gasteiger partial charge in [-0.05, 0) is 32.8 Å². The third-order valence-electron chi connectivity index (χ3n) is 5.09. The first-order chi connectivity index (χ1) is 12.1. The summed E-state index contributed by atoms with van der Waals surface area (Å²) >= 11 is 0. The Bertz CT molecular complexity index is 733. The molecule has 134 valence electrons. The van der Waals surface area contributed by atoms with E-state index in [1.807, 2.05) is 17.8 Å². The van der Waals surface area contributed by atoms with Gasteiger partial charge in [-0.3, -0.25) is 4.68 Å². The highest BCUT2D eigenvalue weighted by atomic mass is 16.5. The van der Waals surface area contributed by atoms with Crippen molar-refractivity contribution in [1.82, 2.24) is 15.1 Å². The van der Waals surface area contributed by atoms with Gasteiger partial charge in [-0.25, -0.2) is 0 Å². The van der Waals surface area contributed by atoms with Crippen LogP contribution in [0.25, 0.3) is 6.08 Å². The molecule has 1 saturated heterocycles. The summed E-state index contributed by atoms with van der Waals surface area (Å²) < 4.78 is 8.03. The van der Waals surface area contributed by atoms with Gasteiger partial charge < -0.3 is 10.1 Å². The average molecular weight is 339 g/mol. The van der Waals surface area contributed by atoms with Gasteiger partial charge in [0.2, 0.25) is 0 Å². The van der Waals surface area contributed by atoms with Crippen molar-refractivity contribution in [3.8, 4) is 0 Å². The van der Waals surface area contributed by atoms with Crippen LogP contribution in [0.4, 0.5) is 0 Å². The average Bonchev–Trinajstić information content (AvgIpc) is 3.13. The van der Waals surface area contributed by atoms with Gasteiger partial charge in [0.1, 0.15) is 0 Å². The normalized spacial score (nSPS) is 21.0. The molecule has 0 radical (unpaired) electrons. The number of ether oxygens (including phenoxy) is 1. The second kappa shape index (κ2) is 7.98. The summed E-state index contributed by atoms with van der Waals surface area (Å²) in [5.74, 6) is 0.506. The van der Waals surface area contributed by atoms with Gasteiger partial charge >= 0.3 is 0 Å². The third kappa shape index (κ3) is 4.20. The Morgan fingerprint density at radius 2 is 2.08 bits per heavy atom.